The molecule has 0 aliphatic carbocycles. The maximum absolute atomic E-state index is 12.4. The number of nitrogens with one attached hydrogen (secondary N) is 1. The highest BCUT2D eigenvalue weighted by molar-refractivity contribution is 5.74. The third kappa shape index (κ3) is 3.82. The van der Waals surface area contributed by atoms with Gasteiger partial charge in [0, 0.05) is 51.4 Å². The minimum absolute atomic E-state index is 0.104. The van der Waals surface area contributed by atoms with E-state index in [1.165, 1.54) is 0 Å². The Morgan fingerprint density at radius 3 is 3.00 bits per heavy atom. The first kappa shape index (κ1) is 16.8. The molecule has 3 aliphatic rings. The van der Waals surface area contributed by atoms with Crippen LogP contribution >= 0.6 is 0 Å². The molecule has 4 rings (SSSR count). The highest BCUT2D eigenvalue weighted by atomic mass is 16.5. The second-order valence-electron chi connectivity index (χ2n) is 7.75. The number of amides is 2. The summed E-state index contributed by atoms with van der Waals surface area (Å²) in [5.41, 5.74) is 0.851. The van der Waals surface area contributed by atoms with Crippen molar-refractivity contribution in [3.05, 3.63) is 17.5 Å². The Hall–Kier alpha value is -1.60. The molecule has 1 aromatic rings. The van der Waals surface area contributed by atoms with Crippen molar-refractivity contribution in [2.75, 3.05) is 32.8 Å². The summed E-state index contributed by atoms with van der Waals surface area (Å²) >= 11 is 0. The summed E-state index contributed by atoms with van der Waals surface area (Å²) in [5.74, 6) is 0.850. The van der Waals surface area contributed by atoms with Gasteiger partial charge in [0.15, 0.2) is 0 Å². The van der Waals surface area contributed by atoms with Crippen molar-refractivity contribution in [1.82, 2.24) is 20.3 Å². The topological polar surface area (TPSA) is 70.8 Å². The molecule has 7 heteroatoms. The first-order valence-electron chi connectivity index (χ1n) is 9.46. The molecule has 0 bridgehead atoms. The molecule has 0 radical (unpaired) electrons. The first-order chi connectivity index (χ1) is 12.1. The number of rotatable bonds is 3. The number of hydrogen-bond acceptors (Lipinski definition) is 5. The van der Waals surface area contributed by atoms with Crippen molar-refractivity contribution >= 4 is 6.03 Å². The molecule has 0 saturated carbocycles. The van der Waals surface area contributed by atoms with E-state index in [-0.39, 0.29) is 17.7 Å². The fraction of sp³-hybridized carbons (Fsp3) is 0.778. The molecule has 4 heterocycles. The van der Waals surface area contributed by atoms with Crippen LogP contribution < -0.4 is 5.32 Å². The van der Waals surface area contributed by atoms with Gasteiger partial charge in [-0.15, -0.1) is 0 Å². The Morgan fingerprint density at radius 1 is 1.40 bits per heavy atom. The molecule has 1 spiro atoms. The maximum atomic E-state index is 12.4. The molecule has 2 atom stereocenters. The molecule has 0 aromatic carbocycles. The summed E-state index contributed by atoms with van der Waals surface area (Å²) in [7, 11) is 0. The zero-order valence-electron chi connectivity index (χ0n) is 15.0. The third-order valence-corrected chi connectivity index (χ3v) is 5.67. The number of urea groups is 1. The van der Waals surface area contributed by atoms with Crippen LogP contribution in [0.3, 0.4) is 0 Å². The summed E-state index contributed by atoms with van der Waals surface area (Å²) < 4.78 is 11.3. The SMILES string of the molecule is Cc1cc(CN2CC[C@@]3(C[C@H](NC(=O)N4CCCC4)CCO3)C2)no1. The molecule has 138 valence electrons. The van der Waals surface area contributed by atoms with E-state index in [4.69, 9.17) is 9.26 Å². The number of hydrogen-bond donors (Lipinski definition) is 1. The van der Waals surface area contributed by atoms with E-state index in [0.717, 1.165) is 82.9 Å². The summed E-state index contributed by atoms with van der Waals surface area (Å²) in [6, 6.07) is 2.31. The predicted molar refractivity (Wildman–Crippen MR) is 92.2 cm³/mol. The summed E-state index contributed by atoms with van der Waals surface area (Å²) in [6.07, 6.45) is 5.08. The van der Waals surface area contributed by atoms with Crippen LogP contribution in [0, 0.1) is 6.92 Å². The number of carbonyl (C=O) groups excluding carboxylic acids is 1. The molecule has 0 unspecified atom stereocenters. The van der Waals surface area contributed by atoms with Gasteiger partial charge in [-0.1, -0.05) is 5.16 Å². The van der Waals surface area contributed by atoms with Gasteiger partial charge in [0.1, 0.15) is 5.76 Å². The molecule has 7 nitrogen and oxygen atoms in total. The number of carbonyl (C=O) groups is 1. The second kappa shape index (κ2) is 6.96. The van der Waals surface area contributed by atoms with Crippen molar-refractivity contribution in [3.8, 4) is 0 Å². The number of aryl methyl sites for hydroxylation is 1. The standard InChI is InChI=1S/C18H28N4O3/c1-14-10-16(20-25-14)12-21-8-5-18(13-21)11-15(4-9-24-18)19-17(23)22-6-2-3-7-22/h10,15H,2-9,11-13H2,1H3,(H,19,23)/t15-,18-/m1/s1. The number of nitrogens with zero attached hydrogens (tertiary/aromatic N) is 3. The van der Waals surface area contributed by atoms with Crippen LogP contribution in [0.2, 0.25) is 0 Å². The number of likely N-dealkylation sites (tertiary alicyclic amines) is 2. The van der Waals surface area contributed by atoms with Crippen molar-refractivity contribution in [3.63, 3.8) is 0 Å². The van der Waals surface area contributed by atoms with Crippen LogP contribution in [0.4, 0.5) is 4.79 Å². The Balaban J connectivity index is 1.32. The number of aromatic nitrogens is 1. The van der Waals surface area contributed by atoms with Gasteiger partial charge < -0.3 is 19.5 Å². The average Bonchev–Trinajstić information content (AvgIpc) is 3.31. The summed E-state index contributed by atoms with van der Waals surface area (Å²) in [6.45, 7) is 7.12. The van der Waals surface area contributed by atoms with E-state index in [0.29, 0.717) is 0 Å². The Morgan fingerprint density at radius 2 is 2.24 bits per heavy atom. The van der Waals surface area contributed by atoms with Gasteiger partial charge in [-0.25, -0.2) is 4.79 Å². The van der Waals surface area contributed by atoms with Gasteiger partial charge in [-0.2, -0.15) is 0 Å². The van der Waals surface area contributed by atoms with Gasteiger partial charge in [-0.05, 0) is 39.0 Å². The van der Waals surface area contributed by atoms with Gasteiger partial charge in [0.05, 0.1) is 11.3 Å². The van der Waals surface area contributed by atoms with Crippen molar-refractivity contribution < 1.29 is 14.1 Å². The van der Waals surface area contributed by atoms with Crippen molar-refractivity contribution in [2.24, 2.45) is 0 Å². The lowest BCUT2D eigenvalue weighted by Gasteiger charge is -2.39. The Kier molecular flexibility index (Phi) is 4.69. The zero-order valence-corrected chi connectivity index (χ0v) is 15.0. The van der Waals surface area contributed by atoms with Gasteiger partial charge in [0.2, 0.25) is 0 Å². The third-order valence-electron chi connectivity index (χ3n) is 5.67. The van der Waals surface area contributed by atoms with E-state index in [2.05, 4.69) is 15.4 Å². The van der Waals surface area contributed by atoms with E-state index in [1.807, 2.05) is 17.9 Å². The lowest BCUT2D eigenvalue weighted by Crippen LogP contribution is -2.52. The van der Waals surface area contributed by atoms with E-state index >= 15 is 0 Å². The van der Waals surface area contributed by atoms with Crippen LogP contribution in [-0.2, 0) is 11.3 Å². The highest BCUT2D eigenvalue weighted by Crippen LogP contribution is 2.35. The predicted octanol–water partition coefficient (Wildman–Crippen LogP) is 1.91. The van der Waals surface area contributed by atoms with Crippen LogP contribution in [0.1, 0.15) is 43.6 Å². The average molecular weight is 348 g/mol. The van der Waals surface area contributed by atoms with Crippen molar-refractivity contribution in [1.29, 1.82) is 0 Å². The van der Waals surface area contributed by atoms with Crippen LogP contribution in [0.25, 0.3) is 0 Å². The quantitative estimate of drug-likeness (QED) is 0.903. The van der Waals surface area contributed by atoms with Crippen molar-refractivity contribution in [2.45, 2.75) is 57.2 Å². The van der Waals surface area contributed by atoms with E-state index < -0.39 is 0 Å². The minimum Gasteiger partial charge on any atom is -0.373 e. The molecular weight excluding hydrogens is 320 g/mol. The minimum atomic E-state index is -0.125. The smallest absolute Gasteiger partial charge is 0.317 e. The molecule has 1 N–H and O–H groups in total. The molecule has 3 saturated heterocycles. The molecule has 1 aromatic heterocycles. The second-order valence-corrected chi connectivity index (χ2v) is 7.75. The highest BCUT2D eigenvalue weighted by Gasteiger charge is 2.43. The molecule has 3 aliphatic heterocycles. The maximum Gasteiger partial charge on any atom is 0.317 e. The lowest BCUT2D eigenvalue weighted by atomic mass is 9.89. The Labute approximate surface area is 148 Å². The molecule has 2 amide bonds. The summed E-state index contributed by atoms with van der Waals surface area (Å²) in [5, 5.41) is 7.33. The van der Waals surface area contributed by atoms with Gasteiger partial charge in [-0.3, -0.25) is 4.90 Å². The van der Waals surface area contributed by atoms with Crippen LogP contribution in [-0.4, -0.2) is 65.4 Å². The van der Waals surface area contributed by atoms with Crippen LogP contribution in [0.5, 0.6) is 0 Å². The van der Waals surface area contributed by atoms with Crippen LogP contribution in [0.15, 0.2) is 10.6 Å². The van der Waals surface area contributed by atoms with E-state index in [1.54, 1.807) is 0 Å². The molecule has 25 heavy (non-hydrogen) atoms. The number of ether oxygens (including phenoxy) is 1. The lowest BCUT2D eigenvalue weighted by molar-refractivity contribution is -0.0793. The Bertz CT molecular complexity index is 613. The summed E-state index contributed by atoms with van der Waals surface area (Å²) in [4.78, 5) is 16.7. The van der Waals surface area contributed by atoms with Gasteiger partial charge in [0.25, 0.3) is 0 Å². The first-order valence-corrected chi connectivity index (χ1v) is 9.46. The zero-order chi connectivity index (χ0) is 17.3. The largest absolute Gasteiger partial charge is 0.373 e. The fourth-order valence-electron chi connectivity index (χ4n) is 4.41. The molecular formula is C18H28N4O3. The van der Waals surface area contributed by atoms with Gasteiger partial charge >= 0.3 is 6.03 Å². The monoisotopic (exact) mass is 348 g/mol. The normalized spacial score (nSPS) is 30.3. The van der Waals surface area contributed by atoms with E-state index in [9.17, 15) is 4.79 Å². The molecule has 3 fully saturated rings. The fourth-order valence-corrected chi connectivity index (χ4v) is 4.41.